The highest BCUT2D eigenvalue weighted by atomic mass is 79.9. The minimum absolute atomic E-state index is 0.0804. The third kappa shape index (κ3) is 2.60. The second-order valence-electron chi connectivity index (χ2n) is 2.53. The first-order chi connectivity index (χ1) is 6.97. The molecule has 0 saturated heterocycles. The number of hydrogen-bond donors (Lipinski definition) is 0. The number of halogens is 4. The summed E-state index contributed by atoms with van der Waals surface area (Å²) >= 11 is 8.17. The molecule has 0 unspecified atom stereocenters. The average molecular weight is 301 g/mol. The van der Waals surface area contributed by atoms with Gasteiger partial charge in [0.15, 0.2) is 0 Å². The molecule has 82 valence electrons. The summed E-state index contributed by atoms with van der Waals surface area (Å²) in [6, 6.07) is 0.944. The molecule has 0 amide bonds. The third-order valence-electron chi connectivity index (χ3n) is 1.60. The minimum Gasteiger partial charge on any atom is -0.258 e. The Morgan fingerprint density at radius 2 is 2.27 bits per heavy atom. The van der Waals surface area contributed by atoms with Gasteiger partial charge in [-0.1, -0.05) is 0 Å². The van der Waals surface area contributed by atoms with Gasteiger partial charge >= 0.3 is 0 Å². The fourth-order valence-electron chi connectivity index (χ4n) is 0.981. The number of rotatable bonds is 3. The van der Waals surface area contributed by atoms with E-state index in [1.165, 1.54) is 0 Å². The Kier molecular flexibility index (Phi) is 3.92. The monoisotopic (exact) mass is 300 g/mol. The van der Waals surface area contributed by atoms with Gasteiger partial charge in [-0.3, -0.25) is 10.1 Å². The quantitative estimate of drug-likeness (QED) is 0.372. The Morgan fingerprint density at radius 3 is 2.67 bits per heavy atom. The first kappa shape index (κ1) is 12.3. The van der Waals surface area contributed by atoms with Gasteiger partial charge in [-0.25, -0.2) is 13.8 Å². The Morgan fingerprint density at radius 1 is 1.67 bits per heavy atom. The Balaban J connectivity index is 3.42. The minimum atomic E-state index is -2.96. The Hall–Kier alpha value is -0.820. The van der Waals surface area contributed by atoms with Crippen molar-refractivity contribution in [1.29, 1.82) is 0 Å². The average Bonchev–Trinajstić information content (AvgIpc) is 2.15. The van der Waals surface area contributed by atoms with E-state index in [2.05, 4.69) is 20.9 Å². The van der Waals surface area contributed by atoms with E-state index in [1.807, 2.05) is 0 Å². The summed E-state index contributed by atoms with van der Waals surface area (Å²) in [5, 5.41) is 10.5. The van der Waals surface area contributed by atoms with Gasteiger partial charge in [-0.2, -0.15) is 0 Å². The van der Waals surface area contributed by atoms with E-state index in [-0.39, 0.29) is 16.2 Å². The van der Waals surface area contributed by atoms with Gasteiger partial charge in [0.1, 0.15) is 10.2 Å². The van der Waals surface area contributed by atoms with Crippen molar-refractivity contribution in [1.82, 2.24) is 4.98 Å². The smallest absolute Gasteiger partial charge is 0.258 e. The van der Waals surface area contributed by atoms with Crippen molar-refractivity contribution < 1.29 is 13.7 Å². The second-order valence-corrected chi connectivity index (χ2v) is 3.55. The molecule has 1 heterocycles. The normalized spacial score (nSPS) is 10.7. The zero-order chi connectivity index (χ0) is 11.6. The number of nitrogens with zero attached hydrogens (tertiary/aromatic N) is 2. The van der Waals surface area contributed by atoms with Crippen LogP contribution in [-0.2, 0) is 5.88 Å². The summed E-state index contributed by atoms with van der Waals surface area (Å²) in [5.41, 5.74) is -1.24. The van der Waals surface area contributed by atoms with E-state index in [9.17, 15) is 18.9 Å². The van der Waals surface area contributed by atoms with Gasteiger partial charge in [0.25, 0.3) is 12.1 Å². The molecule has 8 heteroatoms. The largest absolute Gasteiger partial charge is 0.282 e. The molecule has 0 spiro atoms. The van der Waals surface area contributed by atoms with Gasteiger partial charge in [-0.05, 0) is 15.9 Å². The van der Waals surface area contributed by atoms with E-state index in [0.717, 1.165) is 6.07 Å². The zero-order valence-electron chi connectivity index (χ0n) is 7.08. The van der Waals surface area contributed by atoms with Gasteiger partial charge in [0.05, 0.1) is 16.5 Å². The maximum atomic E-state index is 12.5. The molecule has 0 fully saturated rings. The lowest BCUT2D eigenvalue weighted by atomic mass is 10.2. The Labute approximate surface area is 96.5 Å². The lowest BCUT2D eigenvalue weighted by molar-refractivity contribution is -0.386. The van der Waals surface area contributed by atoms with Crippen molar-refractivity contribution >= 4 is 33.2 Å². The topological polar surface area (TPSA) is 56.0 Å². The molecular weight excluding hydrogens is 297 g/mol. The van der Waals surface area contributed by atoms with Crippen LogP contribution in [0.3, 0.4) is 0 Å². The predicted molar refractivity (Wildman–Crippen MR) is 53.1 cm³/mol. The number of aromatic nitrogens is 1. The van der Waals surface area contributed by atoms with Crippen molar-refractivity contribution in [3.63, 3.8) is 0 Å². The highest BCUT2D eigenvalue weighted by molar-refractivity contribution is 9.10. The number of pyridine rings is 1. The summed E-state index contributed by atoms with van der Waals surface area (Å²) in [5.74, 6) is -0.0804. The molecule has 0 aromatic carbocycles. The fraction of sp³-hybridized carbons (Fsp3) is 0.286. The van der Waals surface area contributed by atoms with Crippen LogP contribution >= 0.6 is 27.5 Å². The summed E-state index contributed by atoms with van der Waals surface area (Å²) < 4.78 is 24.7. The SMILES string of the molecule is O=[N+]([O-])c1cc(CCl)nc(Br)c1C(F)F. The van der Waals surface area contributed by atoms with Crippen molar-refractivity contribution in [2.75, 3.05) is 0 Å². The third-order valence-corrected chi connectivity index (χ3v) is 2.47. The molecule has 0 aliphatic rings. The van der Waals surface area contributed by atoms with Crippen LogP contribution in [-0.4, -0.2) is 9.91 Å². The summed E-state index contributed by atoms with van der Waals surface area (Å²) in [6.45, 7) is 0. The van der Waals surface area contributed by atoms with E-state index in [4.69, 9.17) is 11.6 Å². The van der Waals surface area contributed by atoms with E-state index in [0.29, 0.717) is 0 Å². The van der Waals surface area contributed by atoms with Crippen LogP contribution in [0.1, 0.15) is 17.7 Å². The molecule has 15 heavy (non-hydrogen) atoms. The number of nitro groups is 1. The van der Waals surface area contributed by atoms with Gasteiger partial charge in [-0.15, -0.1) is 11.6 Å². The van der Waals surface area contributed by atoms with Crippen LogP contribution in [0.2, 0.25) is 0 Å². The highest BCUT2D eigenvalue weighted by Gasteiger charge is 2.26. The first-order valence-corrected chi connectivity index (χ1v) is 4.98. The van der Waals surface area contributed by atoms with Crippen LogP contribution in [0.5, 0.6) is 0 Å². The van der Waals surface area contributed by atoms with Gasteiger partial charge in [0, 0.05) is 6.07 Å². The van der Waals surface area contributed by atoms with E-state index >= 15 is 0 Å². The first-order valence-electron chi connectivity index (χ1n) is 3.65. The van der Waals surface area contributed by atoms with Crippen LogP contribution < -0.4 is 0 Å². The molecular formula is C7H4BrClF2N2O2. The van der Waals surface area contributed by atoms with Crippen LogP contribution in [0.15, 0.2) is 10.7 Å². The zero-order valence-corrected chi connectivity index (χ0v) is 9.43. The number of hydrogen-bond acceptors (Lipinski definition) is 3. The molecule has 1 rings (SSSR count). The molecule has 0 aliphatic carbocycles. The van der Waals surface area contributed by atoms with Gasteiger partial charge < -0.3 is 0 Å². The van der Waals surface area contributed by atoms with Crippen molar-refractivity contribution in [2.24, 2.45) is 0 Å². The van der Waals surface area contributed by atoms with E-state index in [1.54, 1.807) is 0 Å². The molecule has 0 aliphatic heterocycles. The maximum absolute atomic E-state index is 12.5. The van der Waals surface area contributed by atoms with Crippen LogP contribution in [0.25, 0.3) is 0 Å². The standard InChI is InChI=1S/C7H4BrClF2N2O2/c8-6-5(7(10)11)4(13(14)15)1-3(2-9)12-6/h1,7H,2H2. The van der Waals surface area contributed by atoms with Crippen molar-refractivity contribution in [3.05, 3.63) is 32.0 Å². The molecule has 0 N–H and O–H groups in total. The molecule has 4 nitrogen and oxygen atoms in total. The maximum Gasteiger partial charge on any atom is 0.282 e. The van der Waals surface area contributed by atoms with Gasteiger partial charge in [0.2, 0.25) is 0 Å². The second kappa shape index (κ2) is 4.80. The summed E-state index contributed by atoms with van der Waals surface area (Å²) in [6.07, 6.45) is -2.96. The van der Waals surface area contributed by atoms with Crippen molar-refractivity contribution in [2.45, 2.75) is 12.3 Å². The number of alkyl halides is 3. The molecule has 0 atom stereocenters. The van der Waals surface area contributed by atoms with E-state index < -0.39 is 22.6 Å². The van der Waals surface area contributed by atoms with Crippen LogP contribution in [0, 0.1) is 10.1 Å². The lowest BCUT2D eigenvalue weighted by Gasteiger charge is -2.05. The Bertz CT molecular complexity index is 403. The molecule has 0 radical (unpaired) electrons. The lowest BCUT2D eigenvalue weighted by Crippen LogP contribution is -2.01. The fourth-order valence-corrected chi connectivity index (χ4v) is 1.72. The summed E-state index contributed by atoms with van der Waals surface area (Å²) in [4.78, 5) is 13.3. The molecule has 1 aromatic heterocycles. The molecule has 1 aromatic rings. The van der Waals surface area contributed by atoms with Crippen LogP contribution in [0.4, 0.5) is 14.5 Å². The predicted octanol–water partition coefficient (Wildman–Crippen LogP) is 3.43. The molecule has 0 saturated carbocycles. The highest BCUT2D eigenvalue weighted by Crippen LogP contribution is 2.34. The van der Waals surface area contributed by atoms with Crippen molar-refractivity contribution in [3.8, 4) is 0 Å². The molecule has 0 bridgehead atoms. The summed E-state index contributed by atoms with van der Waals surface area (Å²) in [7, 11) is 0.